The van der Waals surface area contributed by atoms with Crippen LogP contribution in [0.15, 0.2) is 15.9 Å². The fourth-order valence-electron chi connectivity index (χ4n) is 1.36. The van der Waals surface area contributed by atoms with Crippen LogP contribution in [0.2, 0.25) is 0 Å². The van der Waals surface area contributed by atoms with Crippen molar-refractivity contribution in [3.8, 4) is 0 Å². The Balaban J connectivity index is 2.53. The molecule has 0 aromatic carbocycles. The molecule has 0 saturated heterocycles. The zero-order valence-electron chi connectivity index (χ0n) is 9.83. The first-order valence-electron chi connectivity index (χ1n) is 5.20. The van der Waals surface area contributed by atoms with E-state index in [1.165, 1.54) is 12.0 Å². The third-order valence-corrected chi connectivity index (χ3v) is 4.17. The summed E-state index contributed by atoms with van der Waals surface area (Å²) in [6.45, 7) is 1.68. The lowest BCUT2D eigenvalue weighted by molar-refractivity contribution is 0.128. The molecule has 1 rings (SSSR count). The maximum atomic E-state index is 11.2. The molecule has 1 amide bonds. The molecule has 4 nitrogen and oxygen atoms in total. The van der Waals surface area contributed by atoms with Gasteiger partial charge in [-0.1, -0.05) is 0 Å². The minimum atomic E-state index is -0.649. The Labute approximate surface area is 113 Å². The van der Waals surface area contributed by atoms with Crippen LogP contribution in [0.3, 0.4) is 0 Å². The van der Waals surface area contributed by atoms with Crippen LogP contribution in [0, 0.1) is 0 Å². The molecule has 0 aliphatic heterocycles. The number of hydrogen-bond acceptors (Lipinski definition) is 4. The standard InChI is InChI=1S/C11H16BrNO3S/c1-11(7-14,13-10(15)16-2)6-5-8-3-4-9(12)17-8/h3-4,14H,5-7H2,1-2H3,(H,13,15). The van der Waals surface area contributed by atoms with E-state index in [1.54, 1.807) is 18.3 Å². The summed E-state index contributed by atoms with van der Waals surface area (Å²) in [7, 11) is 1.31. The molecule has 0 radical (unpaired) electrons. The van der Waals surface area contributed by atoms with E-state index in [-0.39, 0.29) is 6.61 Å². The van der Waals surface area contributed by atoms with Gasteiger partial charge in [0.25, 0.3) is 0 Å². The van der Waals surface area contributed by atoms with Gasteiger partial charge in [0.15, 0.2) is 0 Å². The number of rotatable bonds is 5. The van der Waals surface area contributed by atoms with Crippen molar-refractivity contribution in [1.29, 1.82) is 0 Å². The molecule has 1 aromatic rings. The lowest BCUT2D eigenvalue weighted by Crippen LogP contribution is -2.49. The molecule has 0 fully saturated rings. The first-order valence-corrected chi connectivity index (χ1v) is 6.81. The molecular formula is C11H16BrNO3S. The van der Waals surface area contributed by atoms with Crippen molar-refractivity contribution in [2.75, 3.05) is 13.7 Å². The summed E-state index contributed by atoms with van der Waals surface area (Å²) in [4.78, 5) is 12.4. The van der Waals surface area contributed by atoms with Crippen LogP contribution in [-0.2, 0) is 11.2 Å². The van der Waals surface area contributed by atoms with E-state index in [9.17, 15) is 9.90 Å². The molecule has 1 heterocycles. The van der Waals surface area contributed by atoms with Gasteiger partial charge >= 0.3 is 6.09 Å². The van der Waals surface area contributed by atoms with Crippen LogP contribution in [0.4, 0.5) is 4.79 Å². The summed E-state index contributed by atoms with van der Waals surface area (Å²) in [5, 5.41) is 12.0. The molecule has 0 bridgehead atoms. The summed E-state index contributed by atoms with van der Waals surface area (Å²) in [6.07, 6.45) is 0.942. The zero-order chi connectivity index (χ0) is 12.9. The molecule has 1 aromatic heterocycles. The zero-order valence-corrected chi connectivity index (χ0v) is 12.2. The van der Waals surface area contributed by atoms with Gasteiger partial charge < -0.3 is 15.2 Å². The molecule has 1 unspecified atom stereocenters. The lowest BCUT2D eigenvalue weighted by atomic mass is 9.96. The van der Waals surface area contributed by atoms with Gasteiger partial charge in [-0.25, -0.2) is 4.79 Å². The van der Waals surface area contributed by atoms with Crippen LogP contribution >= 0.6 is 27.3 Å². The SMILES string of the molecule is COC(=O)NC(C)(CO)CCc1ccc(Br)s1. The normalized spacial score (nSPS) is 14.1. The number of aliphatic hydroxyl groups excluding tert-OH is 1. The summed E-state index contributed by atoms with van der Waals surface area (Å²) in [5.41, 5.74) is -0.649. The van der Waals surface area contributed by atoms with Gasteiger partial charge in [0.05, 0.1) is 23.0 Å². The fourth-order valence-corrected chi connectivity index (χ4v) is 2.85. The van der Waals surface area contributed by atoms with Gasteiger partial charge in [-0.2, -0.15) is 0 Å². The van der Waals surface area contributed by atoms with Gasteiger partial charge in [0.1, 0.15) is 0 Å². The number of nitrogens with one attached hydrogen (secondary N) is 1. The van der Waals surface area contributed by atoms with Crippen LogP contribution in [0.25, 0.3) is 0 Å². The van der Waals surface area contributed by atoms with Crippen LogP contribution in [0.1, 0.15) is 18.2 Å². The molecule has 17 heavy (non-hydrogen) atoms. The number of aliphatic hydroxyl groups is 1. The average molecular weight is 322 g/mol. The topological polar surface area (TPSA) is 58.6 Å². The second kappa shape index (κ2) is 6.37. The summed E-state index contributed by atoms with van der Waals surface area (Å²) >= 11 is 5.06. The third-order valence-electron chi connectivity index (χ3n) is 2.49. The average Bonchev–Trinajstić information content (AvgIpc) is 2.72. The fraction of sp³-hybridized carbons (Fsp3) is 0.545. The highest BCUT2D eigenvalue weighted by molar-refractivity contribution is 9.11. The first kappa shape index (κ1) is 14.5. The maximum Gasteiger partial charge on any atom is 0.407 e. The van der Waals surface area contributed by atoms with Crippen molar-refractivity contribution >= 4 is 33.4 Å². The van der Waals surface area contributed by atoms with E-state index >= 15 is 0 Å². The third kappa shape index (κ3) is 4.65. The minimum Gasteiger partial charge on any atom is -0.453 e. The maximum absolute atomic E-state index is 11.2. The van der Waals surface area contributed by atoms with E-state index in [1.807, 2.05) is 12.1 Å². The molecule has 1 atom stereocenters. The highest BCUT2D eigenvalue weighted by Crippen LogP contribution is 2.24. The molecule has 96 valence electrons. The van der Waals surface area contributed by atoms with Crippen LogP contribution in [0.5, 0.6) is 0 Å². The number of carbonyl (C=O) groups is 1. The van der Waals surface area contributed by atoms with Crippen molar-refractivity contribution in [1.82, 2.24) is 5.32 Å². The highest BCUT2D eigenvalue weighted by Gasteiger charge is 2.25. The number of halogens is 1. The van der Waals surface area contributed by atoms with E-state index in [0.717, 1.165) is 10.2 Å². The van der Waals surface area contributed by atoms with E-state index in [4.69, 9.17) is 0 Å². The van der Waals surface area contributed by atoms with Gasteiger partial charge in [-0.05, 0) is 47.8 Å². The number of thiophene rings is 1. The number of hydrogen-bond donors (Lipinski definition) is 2. The molecule has 0 aliphatic rings. The molecule has 0 spiro atoms. The smallest absolute Gasteiger partial charge is 0.407 e. The van der Waals surface area contributed by atoms with Gasteiger partial charge in [-0.15, -0.1) is 11.3 Å². The number of amides is 1. The summed E-state index contributed by atoms with van der Waals surface area (Å²) in [6, 6.07) is 4.02. The second-order valence-corrected chi connectivity index (χ2v) is 6.59. The predicted octanol–water partition coefficient (Wildman–Crippen LogP) is 2.55. The first-order chi connectivity index (χ1) is 7.99. The molecule has 2 N–H and O–H groups in total. The minimum absolute atomic E-state index is 0.116. The van der Waals surface area contributed by atoms with Crippen molar-refractivity contribution in [2.45, 2.75) is 25.3 Å². The van der Waals surface area contributed by atoms with E-state index < -0.39 is 11.6 Å². The number of carbonyl (C=O) groups excluding carboxylic acids is 1. The van der Waals surface area contributed by atoms with Crippen molar-refractivity contribution in [3.63, 3.8) is 0 Å². The van der Waals surface area contributed by atoms with E-state index in [0.29, 0.717) is 6.42 Å². The van der Waals surface area contributed by atoms with E-state index in [2.05, 4.69) is 26.0 Å². The number of alkyl carbamates (subject to hydrolysis) is 1. The van der Waals surface area contributed by atoms with Crippen LogP contribution < -0.4 is 5.32 Å². The Morgan fingerprint density at radius 3 is 2.82 bits per heavy atom. The second-order valence-electron chi connectivity index (χ2n) is 4.04. The Bertz CT molecular complexity index is 383. The number of methoxy groups -OCH3 is 1. The molecule has 0 saturated carbocycles. The predicted molar refractivity (Wildman–Crippen MR) is 71.4 cm³/mol. The van der Waals surface area contributed by atoms with Gasteiger partial charge in [0.2, 0.25) is 0 Å². The molecule has 0 aliphatic carbocycles. The summed E-state index contributed by atoms with van der Waals surface area (Å²) < 4.78 is 5.62. The van der Waals surface area contributed by atoms with Crippen molar-refractivity contribution < 1.29 is 14.6 Å². The largest absolute Gasteiger partial charge is 0.453 e. The Morgan fingerprint density at radius 1 is 1.65 bits per heavy atom. The van der Waals surface area contributed by atoms with Crippen molar-refractivity contribution in [3.05, 3.63) is 20.8 Å². The Hall–Kier alpha value is -0.590. The highest BCUT2D eigenvalue weighted by atomic mass is 79.9. The van der Waals surface area contributed by atoms with Gasteiger partial charge in [-0.3, -0.25) is 0 Å². The Kier molecular flexibility index (Phi) is 5.42. The van der Waals surface area contributed by atoms with Gasteiger partial charge in [0, 0.05) is 4.88 Å². The number of aryl methyl sites for hydroxylation is 1. The van der Waals surface area contributed by atoms with Crippen LogP contribution in [-0.4, -0.2) is 30.5 Å². The molecule has 6 heteroatoms. The van der Waals surface area contributed by atoms with Crippen molar-refractivity contribution in [2.24, 2.45) is 0 Å². The molecular weight excluding hydrogens is 306 g/mol. The monoisotopic (exact) mass is 321 g/mol. The lowest BCUT2D eigenvalue weighted by Gasteiger charge is -2.27. The Morgan fingerprint density at radius 2 is 2.35 bits per heavy atom. The number of ether oxygens (including phenoxy) is 1. The summed E-state index contributed by atoms with van der Waals surface area (Å²) in [5.74, 6) is 0. The quantitative estimate of drug-likeness (QED) is 0.876.